The van der Waals surface area contributed by atoms with Gasteiger partial charge >= 0.3 is 5.97 Å². The summed E-state index contributed by atoms with van der Waals surface area (Å²) in [5.74, 6) is -0.0926. The highest BCUT2D eigenvalue weighted by molar-refractivity contribution is 5.75. The van der Waals surface area contributed by atoms with Crippen molar-refractivity contribution in [3.63, 3.8) is 0 Å². The van der Waals surface area contributed by atoms with Gasteiger partial charge in [-0.1, -0.05) is 26.7 Å². The lowest BCUT2D eigenvalue weighted by molar-refractivity contribution is -0.910. The second-order valence-corrected chi connectivity index (χ2v) is 6.88. The first-order valence-electron chi connectivity index (χ1n) is 7.76. The van der Waals surface area contributed by atoms with Gasteiger partial charge < -0.3 is 9.22 Å². The Hall–Kier alpha value is -0.570. The predicted molar refractivity (Wildman–Crippen MR) is 81.0 cm³/mol. The Morgan fingerprint density at radius 1 is 1.00 bits per heavy atom. The number of hydrogen-bond acceptors (Lipinski definition) is 2. The fraction of sp³-hybridized carbons (Fsp3) is 0.938. The van der Waals surface area contributed by atoms with Crippen molar-refractivity contribution in [3.05, 3.63) is 0 Å². The Kier molecular flexibility index (Phi) is 8.31. The maximum absolute atomic E-state index is 11.7. The molecule has 0 heterocycles. The van der Waals surface area contributed by atoms with E-state index in [4.69, 9.17) is 4.74 Å². The van der Waals surface area contributed by atoms with E-state index in [0.29, 0.717) is 6.61 Å². The quantitative estimate of drug-likeness (QED) is 0.473. The number of carbonyl (C=O) groups excluding carboxylic acids is 1. The molecule has 0 aromatic rings. The molecule has 19 heavy (non-hydrogen) atoms. The SMILES string of the molecule is CCCC[N+](C)(CCCC)CCOC(=O)C(C)(C)C. The van der Waals surface area contributed by atoms with Gasteiger partial charge in [0.05, 0.1) is 25.6 Å². The van der Waals surface area contributed by atoms with E-state index in [1.807, 2.05) is 20.8 Å². The molecule has 3 nitrogen and oxygen atoms in total. The van der Waals surface area contributed by atoms with Crippen LogP contribution in [0.15, 0.2) is 0 Å². The fourth-order valence-electron chi connectivity index (χ4n) is 1.99. The van der Waals surface area contributed by atoms with Gasteiger partial charge in [-0.25, -0.2) is 0 Å². The van der Waals surface area contributed by atoms with Crippen molar-refractivity contribution in [2.45, 2.75) is 60.3 Å². The summed E-state index contributed by atoms with van der Waals surface area (Å²) >= 11 is 0. The Morgan fingerprint density at radius 3 is 1.84 bits per heavy atom. The molecule has 0 N–H and O–H groups in total. The number of ether oxygens (including phenoxy) is 1. The molecule has 3 heteroatoms. The predicted octanol–water partition coefficient (Wildman–Crippen LogP) is 3.62. The lowest BCUT2D eigenvalue weighted by Crippen LogP contribution is -2.48. The molecule has 114 valence electrons. The lowest BCUT2D eigenvalue weighted by atomic mass is 9.97. The molecule has 0 aliphatic heterocycles. The lowest BCUT2D eigenvalue weighted by Gasteiger charge is -2.34. The molecule has 0 rings (SSSR count). The number of rotatable bonds is 9. The fourth-order valence-corrected chi connectivity index (χ4v) is 1.99. The Balaban J connectivity index is 4.22. The normalized spacial score (nSPS) is 12.5. The van der Waals surface area contributed by atoms with Crippen LogP contribution in [0.25, 0.3) is 0 Å². The standard InChI is InChI=1S/C16H34NO2/c1-7-9-11-17(6,12-10-8-2)13-14-19-15(18)16(3,4)5/h7-14H2,1-6H3/q+1. The number of esters is 1. The zero-order valence-corrected chi connectivity index (χ0v) is 13.9. The highest BCUT2D eigenvalue weighted by atomic mass is 16.5. The number of unbranched alkanes of at least 4 members (excludes halogenated alkanes) is 2. The maximum Gasteiger partial charge on any atom is 0.311 e. The Labute approximate surface area is 119 Å². The first-order chi connectivity index (χ1) is 8.75. The van der Waals surface area contributed by atoms with E-state index in [0.717, 1.165) is 11.0 Å². The molecule has 0 fully saturated rings. The highest BCUT2D eigenvalue weighted by Crippen LogP contribution is 2.15. The van der Waals surface area contributed by atoms with Gasteiger partial charge in [-0.15, -0.1) is 0 Å². The van der Waals surface area contributed by atoms with Crippen LogP contribution < -0.4 is 0 Å². The Bertz CT molecular complexity index is 248. The van der Waals surface area contributed by atoms with Gasteiger partial charge in [0.1, 0.15) is 13.2 Å². The van der Waals surface area contributed by atoms with Crippen LogP contribution in [0.2, 0.25) is 0 Å². The first kappa shape index (κ1) is 18.4. The second kappa shape index (κ2) is 8.57. The monoisotopic (exact) mass is 272 g/mol. The summed E-state index contributed by atoms with van der Waals surface area (Å²) in [6.07, 6.45) is 4.93. The zero-order valence-electron chi connectivity index (χ0n) is 13.9. The molecule has 0 aliphatic rings. The molecule has 0 saturated carbocycles. The first-order valence-corrected chi connectivity index (χ1v) is 7.76. The van der Waals surface area contributed by atoms with Crippen molar-refractivity contribution >= 4 is 5.97 Å². The van der Waals surface area contributed by atoms with Crippen LogP contribution in [-0.2, 0) is 9.53 Å². The summed E-state index contributed by atoms with van der Waals surface area (Å²) in [4.78, 5) is 11.7. The summed E-state index contributed by atoms with van der Waals surface area (Å²) in [7, 11) is 2.29. The molecule has 0 amide bonds. The molecule has 0 radical (unpaired) electrons. The third-order valence-electron chi connectivity index (χ3n) is 3.58. The molecule has 0 aromatic heterocycles. The van der Waals surface area contributed by atoms with E-state index in [1.165, 1.54) is 38.8 Å². The molecule has 0 unspecified atom stereocenters. The summed E-state index contributed by atoms with van der Waals surface area (Å²) in [5.41, 5.74) is -0.393. The topological polar surface area (TPSA) is 26.3 Å². The van der Waals surface area contributed by atoms with Crippen LogP contribution in [0, 0.1) is 5.41 Å². The average Bonchev–Trinajstić information content (AvgIpc) is 2.33. The smallest absolute Gasteiger partial charge is 0.311 e. The highest BCUT2D eigenvalue weighted by Gasteiger charge is 2.25. The van der Waals surface area contributed by atoms with Crippen LogP contribution in [0.3, 0.4) is 0 Å². The van der Waals surface area contributed by atoms with E-state index in [-0.39, 0.29) is 5.97 Å². The largest absolute Gasteiger partial charge is 0.459 e. The van der Waals surface area contributed by atoms with E-state index in [2.05, 4.69) is 20.9 Å². The van der Waals surface area contributed by atoms with E-state index in [9.17, 15) is 4.79 Å². The van der Waals surface area contributed by atoms with Crippen LogP contribution >= 0.6 is 0 Å². The molecule has 0 spiro atoms. The van der Waals surface area contributed by atoms with Crippen LogP contribution in [-0.4, -0.2) is 43.7 Å². The third kappa shape index (κ3) is 8.25. The van der Waals surface area contributed by atoms with Gasteiger partial charge in [-0.05, 0) is 33.6 Å². The van der Waals surface area contributed by atoms with E-state index >= 15 is 0 Å². The minimum atomic E-state index is -0.393. The number of likely N-dealkylation sites (N-methyl/N-ethyl adjacent to an activating group) is 1. The van der Waals surface area contributed by atoms with Gasteiger partial charge in [-0.3, -0.25) is 4.79 Å². The molecule has 0 saturated heterocycles. The number of nitrogens with zero attached hydrogens (tertiary/aromatic N) is 1. The Morgan fingerprint density at radius 2 is 1.47 bits per heavy atom. The number of quaternary nitrogens is 1. The molecule has 0 aromatic carbocycles. The van der Waals surface area contributed by atoms with Crippen LogP contribution in [0.4, 0.5) is 0 Å². The molecule has 0 atom stereocenters. The van der Waals surface area contributed by atoms with Crippen molar-refractivity contribution in [1.29, 1.82) is 0 Å². The van der Waals surface area contributed by atoms with Crippen LogP contribution in [0.5, 0.6) is 0 Å². The summed E-state index contributed by atoms with van der Waals surface area (Å²) in [6.45, 7) is 14.0. The van der Waals surface area contributed by atoms with Gasteiger partial charge in [-0.2, -0.15) is 0 Å². The second-order valence-electron chi connectivity index (χ2n) is 6.88. The molecule has 0 bridgehead atoms. The van der Waals surface area contributed by atoms with Gasteiger partial charge in [0.2, 0.25) is 0 Å². The summed E-state index contributed by atoms with van der Waals surface area (Å²) in [5, 5.41) is 0. The van der Waals surface area contributed by atoms with Crippen molar-refractivity contribution in [2.75, 3.05) is 33.3 Å². The average molecular weight is 272 g/mol. The minimum Gasteiger partial charge on any atom is -0.459 e. The van der Waals surface area contributed by atoms with E-state index < -0.39 is 5.41 Å². The van der Waals surface area contributed by atoms with Gasteiger partial charge in [0.15, 0.2) is 0 Å². The van der Waals surface area contributed by atoms with Crippen LogP contribution in [0.1, 0.15) is 60.3 Å². The molecular formula is C16H34NO2+. The van der Waals surface area contributed by atoms with Crippen molar-refractivity contribution in [1.82, 2.24) is 0 Å². The third-order valence-corrected chi connectivity index (χ3v) is 3.58. The minimum absolute atomic E-state index is 0.0926. The van der Waals surface area contributed by atoms with Crippen molar-refractivity contribution in [3.8, 4) is 0 Å². The summed E-state index contributed by atoms with van der Waals surface area (Å²) in [6, 6.07) is 0. The van der Waals surface area contributed by atoms with Crippen molar-refractivity contribution < 1.29 is 14.0 Å². The van der Waals surface area contributed by atoms with E-state index in [1.54, 1.807) is 0 Å². The zero-order chi connectivity index (χ0) is 14.9. The van der Waals surface area contributed by atoms with Gasteiger partial charge in [0, 0.05) is 0 Å². The summed E-state index contributed by atoms with van der Waals surface area (Å²) < 4.78 is 6.43. The van der Waals surface area contributed by atoms with Crippen molar-refractivity contribution in [2.24, 2.45) is 5.41 Å². The number of hydrogen-bond donors (Lipinski definition) is 0. The molecule has 0 aliphatic carbocycles. The maximum atomic E-state index is 11.7. The number of carbonyl (C=O) groups is 1. The molecular weight excluding hydrogens is 238 g/mol. The van der Waals surface area contributed by atoms with Gasteiger partial charge in [0.25, 0.3) is 0 Å².